The Hall–Kier alpha value is -0.550. The van der Waals surface area contributed by atoms with Crippen LogP contribution in [0.25, 0.3) is 0 Å². The number of H-pyrrole nitrogens is 1. The minimum Gasteiger partial charge on any atom is -0.360 e. The molecule has 5 heteroatoms. The van der Waals surface area contributed by atoms with Gasteiger partial charge in [0, 0.05) is 26.6 Å². The van der Waals surface area contributed by atoms with Crippen molar-refractivity contribution in [2.45, 2.75) is 12.3 Å². The summed E-state index contributed by atoms with van der Waals surface area (Å²) in [6.07, 6.45) is 1.21. The summed E-state index contributed by atoms with van der Waals surface area (Å²) in [5.74, 6) is 1.57. The highest BCUT2D eigenvalue weighted by molar-refractivity contribution is 9.10. The second kappa shape index (κ2) is 4.14. The number of hydrogen-bond donors (Lipinski definition) is 1. The van der Waals surface area contributed by atoms with Crippen LogP contribution in [0.15, 0.2) is 4.47 Å². The molecule has 1 N–H and O–H groups in total. The van der Waals surface area contributed by atoms with Crippen molar-refractivity contribution in [1.82, 2.24) is 15.1 Å². The zero-order valence-corrected chi connectivity index (χ0v) is 11.0. The lowest BCUT2D eigenvalue weighted by molar-refractivity contribution is 0.410. The van der Waals surface area contributed by atoms with Crippen LogP contribution in [0.2, 0.25) is 0 Å². The molecule has 1 saturated heterocycles. The first-order valence-corrected chi connectivity index (χ1v) is 5.98. The lowest BCUT2D eigenvalue weighted by Gasteiger charge is -2.10. The Morgan fingerprint density at radius 2 is 2.27 bits per heavy atom. The lowest BCUT2D eigenvalue weighted by atomic mass is 10.1. The van der Waals surface area contributed by atoms with Gasteiger partial charge in [-0.1, -0.05) is 0 Å². The van der Waals surface area contributed by atoms with Crippen LogP contribution in [0, 0.1) is 0 Å². The molecule has 2 rings (SSSR count). The van der Waals surface area contributed by atoms with Crippen molar-refractivity contribution >= 4 is 21.7 Å². The number of halogens is 1. The Labute approximate surface area is 98.8 Å². The van der Waals surface area contributed by atoms with Gasteiger partial charge in [-0.15, -0.1) is 0 Å². The van der Waals surface area contributed by atoms with E-state index in [1.165, 1.54) is 18.7 Å². The summed E-state index contributed by atoms with van der Waals surface area (Å²) in [7, 11) is 6.17. The highest BCUT2D eigenvalue weighted by Gasteiger charge is 2.26. The van der Waals surface area contributed by atoms with Crippen LogP contribution in [0.5, 0.6) is 0 Å². The summed E-state index contributed by atoms with van der Waals surface area (Å²) >= 11 is 3.63. The molecular weight excluding hydrogens is 256 g/mol. The van der Waals surface area contributed by atoms with Gasteiger partial charge in [0.15, 0.2) is 5.82 Å². The number of anilines is 1. The zero-order chi connectivity index (χ0) is 11.0. The van der Waals surface area contributed by atoms with Gasteiger partial charge < -0.3 is 9.80 Å². The molecule has 0 radical (unpaired) electrons. The Bertz CT molecular complexity index is 347. The smallest absolute Gasteiger partial charge is 0.164 e. The number of hydrogen-bond acceptors (Lipinski definition) is 3. The van der Waals surface area contributed by atoms with Gasteiger partial charge in [-0.3, -0.25) is 5.10 Å². The summed E-state index contributed by atoms with van der Waals surface area (Å²) < 4.78 is 1.12. The third-order valence-electron chi connectivity index (χ3n) is 2.94. The second-order valence-electron chi connectivity index (χ2n) is 4.42. The fraction of sp³-hybridized carbons (Fsp3) is 0.700. The summed E-state index contributed by atoms with van der Waals surface area (Å²) in [4.78, 5) is 4.37. The molecule has 1 aromatic heterocycles. The number of nitrogens with one attached hydrogen (secondary N) is 1. The van der Waals surface area contributed by atoms with E-state index in [9.17, 15) is 0 Å². The predicted molar refractivity (Wildman–Crippen MR) is 65.5 cm³/mol. The van der Waals surface area contributed by atoms with Crippen LogP contribution in [-0.2, 0) is 0 Å². The molecule has 1 unspecified atom stereocenters. The number of aromatic nitrogens is 2. The van der Waals surface area contributed by atoms with E-state index in [4.69, 9.17) is 0 Å². The molecule has 0 aromatic carbocycles. The highest BCUT2D eigenvalue weighted by Crippen LogP contribution is 2.34. The fourth-order valence-electron chi connectivity index (χ4n) is 2.07. The maximum atomic E-state index is 4.32. The number of likely N-dealkylation sites (N-methyl/N-ethyl adjacent to an activating group) is 1. The van der Waals surface area contributed by atoms with Crippen LogP contribution < -0.4 is 4.90 Å². The van der Waals surface area contributed by atoms with E-state index in [0.29, 0.717) is 5.92 Å². The van der Waals surface area contributed by atoms with Crippen LogP contribution in [-0.4, -0.2) is 49.3 Å². The Morgan fingerprint density at radius 1 is 1.53 bits per heavy atom. The molecule has 2 heterocycles. The maximum absolute atomic E-state index is 4.32. The molecule has 4 nitrogen and oxygen atoms in total. The van der Waals surface area contributed by atoms with Gasteiger partial charge in [-0.2, -0.15) is 5.10 Å². The molecule has 1 atom stereocenters. The van der Waals surface area contributed by atoms with E-state index in [-0.39, 0.29) is 0 Å². The van der Waals surface area contributed by atoms with E-state index in [2.05, 4.69) is 38.1 Å². The molecule has 1 aliphatic heterocycles. The number of likely N-dealkylation sites (tertiary alicyclic amines) is 1. The number of nitrogens with zero attached hydrogens (tertiary/aromatic N) is 3. The van der Waals surface area contributed by atoms with Crippen LogP contribution in [0.4, 0.5) is 5.82 Å². The molecule has 0 bridgehead atoms. The Kier molecular flexibility index (Phi) is 3.02. The van der Waals surface area contributed by atoms with Crippen molar-refractivity contribution in [3.8, 4) is 0 Å². The quantitative estimate of drug-likeness (QED) is 0.890. The van der Waals surface area contributed by atoms with Gasteiger partial charge in [-0.25, -0.2) is 0 Å². The molecule has 84 valence electrons. The summed E-state index contributed by atoms with van der Waals surface area (Å²) in [6.45, 7) is 2.29. The first kappa shape index (κ1) is 11.0. The average molecular weight is 273 g/mol. The van der Waals surface area contributed by atoms with E-state index < -0.39 is 0 Å². The monoisotopic (exact) mass is 272 g/mol. The van der Waals surface area contributed by atoms with Crippen molar-refractivity contribution in [2.24, 2.45) is 0 Å². The number of rotatable bonds is 2. The Morgan fingerprint density at radius 3 is 2.73 bits per heavy atom. The van der Waals surface area contributed by atoms with Crippen molar-refractivity contribution in [3.63, 3.8) is 0 Å². The third kappa shape index (κ3) is 2.03. The van der Waals surface area contributed by atoms with Gasteiger partial charge in [0.05, 0.1) is 10.2 Å². The van der Waals surface area contributed by atoms with Crippen LogP contribution in [0.3, 0.4) is 0 Å². The molecule has 0 spiro atoms. The molecule has 1 aliphatic rings. The number of aromatic amines is 1. The van der Waals surface area contributed by atoms with Crippen molar-refractivity contribution < 1.29 is 0 Å². The summed E-state index contributed by atoms with van der Waals surface area (Å²) in [5.41, 5.74) is 1.24. The minimum absolute atomic E-state index is 0.588. The summed E-state index contributed by atoms with van der Waals surface area (Å²) in [5, 5.41) is 7.47. The van der Waals surface area contributed by atoms with Gasteiger partial charge in [0.25, 0.3) is 0 Å². The molecule has 0 saturated carbocycles. The SMILES string of the molecule is CN1CCC(c2[nH]nc(N(C)C)c2Br)C1. The molecule has 0 aliphatic carbocycles. The van der Waals surface area contributed by atoms with E-state index in [1.807, 2.05) is 19.0 Å². The first-order chi connectivity index (χ1) is 7.09. The Balaban J connectivity index is 2.22. The van der Waals surface area contributed by atoms with E-state index in [1.54, 1.807) is 0 Å². The van der Waals surface area contributed by atoms with Crippen molar-refractivity contribution in [3.05, 3.63) is 10.2 Å². The van der Waals surface area contributed by atoms with Crippen LogP contribution in [0.1, 0.15) is 18.0 Å². The second-order valence-corrected chi connectivity index (χ2v) is 5.21. The molecule has 1 aromatic rings. The van der Waals surface area contributed by atoms with E-state index >= 15 is 0 Å². The van der Waals surface area contributed by atoms with E-state index in [0.717, 1.165) is 16.8 Å². The first-order valence-electron chi connectivity index (χ1n) is 5.19. The third-order valence-corrected chi connectivity index (χ3v) is 3.72. The van der Waals surface area contributed by atoms with Crippen molar-refractivity contribution in [2.75, 3.05) is 39.1 Å². The lowest BCUT2D eigenvalue weighted by Crippen LogP contribution is -2.13. The largest absolute Gasteiger partial charge is 0.360 e. The minimum atomic E-state index is 0.588. The standard InChI is InChI=1S/C10H17BrN4/c1-14(2)10-8(11)9(12-13-10)7-4-5-15(3)6-7/h7H,4-6H2,1-3H3,(H,12,13). The molecule has 0 amide bonds. The highest BCUT2D eigenvalue weighted by atomic mass is 79.9. The van der Waals surface area contributed by atoms with Gasteiger partial charge in [-0.05, 0) is 35.9 Å². The molecule has 15 heavy (non-hydrogen) atoms. The maximum Gasteiger partial charge on any atom is 0.164 e. The zero-order valence-electron chi connectivity index (χ0n) is 9.42. The predicted octanol–water partition coefficient (Wildman–Crippen LogP) is 1.66. The molecular formula is C10H17BrN4. The summed E-state index contributed by atoms with van der Waals surface area (Å²) in [6, 6.07) is 0. The topological polar surface area (TPSA) is 35.2 Å². The van der Waals surface area contributed by atoms with Crippen molar-refractivity contribution in [1.29, 1.82) is 0 Å². The van der Waals surface area contributed by atoms with Gasteiger partial charge >= 0.3 is 0 Å². The normalized spacial score (nSPS) is 22.3. The average Bonchev–Trinajstić information content (AvgIpc) is 2.71. The van der Waals surface area contributed by atoms with Crippen LogP contribution >= 0.6 is 15.9 Å². The van der Waals surface area contributed by atoms with Gasteiger partial charge in [0.1, 0.15) is 0 Å². The molecule has 1 fully saturated rings. The van der Waals surface area contributed by atoms with Gasteiger partial charge in [0.2, 0.25) is 0 Å². The fourth-order valence-corrected chi connectivity index (χ4v) is 2.92.